The van der Waals surface area contributed by atoms with Crippen LogP contribution in [0.25, 0.3) is 116 Å². The number of aromatic nitrogens is 2. The number of pyridine rings is 1. The van der Waals surface area contributed by atoms with Gasteiger partial charge in [-0.05, 0) is 163 Å². The lowest BCUT2D eigenvalue weighted by molar-refractivity contribution is 0.660. The van der Waals surface area contributed by atoms with Gasteiger partial charge < -0.3 is 4.40 Å². The Hall–Kier alpha value is -8.33. The molecule has 0 atom stereocenters. The molecule has 0 radical (unpaired) electrons. The molecule has 0 N–H and O–H groups in total. The van der Waals surface area contributed by atoms with Crippen molar-refractivity contribution in [1.29, 1.82) is 0 Å². The van der Waals surface area contributed by atoms with Crippen LogP contribution in [0.5, 0.6) is 0 Å². The van der Waals surface area contributed by atoms with Crippen LogP contribution in [0.1, 0.15) is 74.9 Å². The van der Waals surface area contributed by atoms with Crippen LogP contribution in [-0.2, 0) is 16.2 Å². The molecule has 0 aliphatic heterocycles. The summed E-state index contributed by atoms with van der Waals surface area (Å²) in [5.41, 5.74) is 26.5. The summed E-state index contributed by atoms with van der Waals surface area (Å²) in [4.78, 5) is 5.12. The summed E-state index contributed by atoms with van der Waals surface area (Å²) in [6.45, 7) is 14.4. The summed E-state index contributed by atoms with van der Waals surface area (Å²) < 4.78 is 2.14. The second-order valence-corrected chi connectivity index (χ2v) is 22.3. The molecule has 0 amide bonds. The smallest absolute Gasteiger partial charge is 0.145 e. The molecule has 12 aromatic rings. The van der Waals surface area contributed by atoms with Gasteiger partial charge in [0.15, 0.2) is 0 Å². The Morgan fingerprint density at radius 1 is 0.319 bits per heavy atom. The first-order valence-electron chi connectivity index (χ1n) is 25.6. The van der Waals surface area contributed by atoms with Gasteiger partial charge in [-0.2, -0.15) is 0 Å². The highest BCUT2D eigenvalue weighted by Crippen LogP contribution is 2.57. The van der Waals surface area contributed by atoms with E-state index in [1.165, 1.54) is 127 Å². The zero-order valence-corrected chi connectivity index (χ0v) is 41.5. The van der Waals surface area contributed by atoms with Crippen LogP contribution >= 0.6 is 0 Å². The van der Waals surface area contributed by atoms with E-state index >= 15 is 0 Å². The van der Waals surface area contributed by atoms with Crippen LogP contribution in [0, 0.1) is 0 Å². The number of rotatable bonds is 4. The molecule has 0 fully saturated rings. The van der Waals surface area contributed by atoms with E-state index in [0.717, 1.165) is 22.3 Å². The first kappa shape index (κ1) is 41.5. The third-order valence-electron chi connectivity index (χ3n) is 17.4. The van der Waals surface area contributed by atoms with Crippen molar-refractivity contribution in [2.75, 3.05) is 0 Å². The third kappa shape index (κ3) is 5.58. The summed E-state index contributed by atoms with van der Waals surface area (Å²) in [6.07, 6.45) is 4.25. The molecule has 0 saturated carbocycles. The van der Waals surface area contributed by atoms with Gasteiger partial charge in [0.25, 0.3) is 0 Å². The number of hydrogen-bond acceptors (Lipinski definition) is 1. The number of hydrogen-bond donors (Lipinski definition) is 0. The van der Waals surface area contributed by atoms with Crippen LogP contribution < -0.4 is 0 Å². The number of nitrogens with zero attached hydrogens (tertiary/aromatic N) is 2. The second-order valence-electron chi connectivity index (χ2n) is 22.3. The Bertz CT molecular complexity index is 4350. The fourth-order valence-corrected chi connectivity index (χ4v) is 13.6. The lowest BCUT2D eigenvalue weighted by Gasteiger charge is -2.25. The summed E-state index contributed by atoms with van der Waals surface area (Å²) in [6, 6.07) is 73.8. The normalized spacial score (nSPS) is 15.1. The van der Waals surface area contributed by atoms with Gasteiger partial charge in [-0.15, -0.1) is 0 Å². The Labute approximate surface area is 420 Å². The van der Waals surface area contributed by atoms with Crippen LogP contribution in [0.3, 0.4) is 0 Å². The molecule has 10 aromatic carbocycles. The summed E-state index contributed by atoms with van der Waals surface area (Å²) in [7, 11) is 0. The maximum absolute atomic E-state index is 5.12. The summed E-state index contributed by atoms with van der Waals surface area (Å²) in [5.74, 6) is 0. The zero-order valence-electron chi connectivity index (χ0n) is 41.5. The van der Waals surface area contributed by atoms with E-state index < -0.39 is 0 Å². The second kappa shape index (κ2) is 14.4. The first-order valence-corrected chi connectivity index (χ1v) is 25.6. The van der Waals surface area contributed by atoms with E-state index in [-0.39, 0.29) is 16.2 Å². The Morgan fingerprint density at radius 2 is 0.750 bits per heavy atom. The summed E-state index contributed by atoms with van der Waals surface area (Å²) in [5, 5.41) is 7.52. The fourth-order valence-electron chi connectivity index (χ4n) is 13.6. The van der Waals surface area contributed by atoms with Gasteiger partial charge in [-0.25, -0.2) is 4.98 Å². The minimum atomic E-state index is -0.248. The highest BCUT2D eigenvalue weighted by molar-refractivity contribution is 6.23. The van der Waals surface area contributed by atoms with Crippen LogP contribution in [0.4, 0.5) is 0 Å². The zero-order chi connectivity index (χ0) is 48.4. The van der Waals surface area contributed by atoms with E-state index in [0.29, 0.717) is 0 Å². The van der Waals surface area contributed by atoms with Gasteiger partial charge in [0, 0.05) is 39.6 Å². The lowest BCUT2D eigenvalue weighted by atomic mass is 9.77. The predicted octanol–water partition coefficient (Wildman–Crippen LogP) is 18.4. The average molecular weight is 921 g/mol. The van der Waals surface area contributed by atoms with Gasteiger partial charge in [0.1, 0.15) is 5.65 Å². The molecule has 2 heteroatoms. The maximum atomic E-state index is 5.12. The molecule has 72 heavy (non-hydrogen) atoms. The predicted molar refractivity (Wildman–Crippen MR) is 302 cm³/mol. The topological polar surface area (TPSA) is 17.3 Å². The third-order valence-corrected chi connectivity index (χ3v) is 17.4. The molecule has 15 rings (SSSR count). The molecule has 0 unspecified atom stereocenters. The highest BCUT2D eigenvalue weighted by Gasteiger charge is 2.39. The van der Waals surface area contributed by atoms with Gasteiger partial charge in [-0.3, -0.25) is 0 Å². The quantitative estimate of drug-likeness (QED) is 0.161. The van der Waals surface area contributed by atoms with Crippen molar-refractivity contribution in [3.63, 3.8) is 0 Å². The minimum absolute atomic E-state index is 0.116. The molecular weight excluding hydrogens is 869 g/mol. The fraction of sp³-hybridized carbons (Fsp3) is 0.129. The SMILES string of the molecule is CC1(C)c2ccccc2-c2ccc(-c3c4ccccc4c(-c4ccc5c(c4)C(C)(C)c4ccccc4-5)c4cc5c(cc34)-c3ccc(-c4ccc(-c6cn7ccc8ccccc8c7n6)cc4)cc3C5(C)C)cc21. The van der Waals surface area contributed by atoms with Crippen molar-refractivity contribution in [1.82, 2.24) is 9.38 Å². The van der Waals surface area contributed by atoms with E-state index in [1.807, 2.05) is 0 Å². The van der Waals surface area contributed by atoms with Crippen molar-refractivity contribution in [2.24, 2.45) is 0 Å². The Balaban J connectivity index is 0.916. The van der Waals surface area contributed by atoms with E-state index in [9.17, 15) is 0 Å². The molecule has 3 aliphatic rings. The monoisotopic (exact) mass is 920 g/mol. The number of imidazole rings is 1. The molecule has 2 heterocycles. The molecule has 342 valence electrons. The van der Waals surface area contributed by atoms with Crippen LogP contribution in [0.15, 0.2) is 207 Å². The number of benzene rings is 10. The van der Waals surface area contributed by atoms with Gasteiger partial charge in [0.2, 0.25) is 0 Å². The van der Waals surface area contributed by atoms with E-state index in [1.54, 1.807) is 0 Å². The van der Waals surface area contributed by atoms with Gasteiger partial charge in [-0.1, -0.05) is 199 Å². The lowest BCUT2D eigenvalue weighted by Crippen LogP contribution is -2.15. The standard InChI is InChI=1S/C70H52N2/c1-68(2)58-21-13-11-17-48(58)50-31-28-45(36-61(50)68)65-53-19-9-10-20-54(53)66(46-29-32-51-49-18-12-14-22-59(49)69(3,4)62(51)37-46)57-39-63-55(38-56(57)65)52-30-27-44(35-60(52)70(63,5)6)41-23-25-43(26-24-41)64-40-72-34-33-42-15-7-8-16-47(42)67(72)71-64/h7-40H,1-6H3. The van der Waals surface area contributed by atoms with Gasteiger partial charge >= 0.3 is 0 Å². The van der Waals surface area contributed by atoms with E-state index in [4.69, 9.17) is 4.98 Å². The van der Waals surface area contributed by atoms with Crippen molar-refractivity contribution < 1.29 is 0 Å². The molecule has 0 saturated heterocycles. The average Bonchev–Trinajstić information content (AvgIpc) is 4.08. The molecule has 2 nitrogen and oxygen atoms in total. The molecule has 3 aliphatic carbocycles. The molecule has 0 spiro atoms. The maximum Gasteiger partial charge on any atom is 0.145 e. The highest BCUT2D eigenvalue weighted by atomic mass is 15.0. The van der Waals surface area contributed by atoms with Crippen molar-refractivity contribution in [3.05, 3.63) is 240 Å². The van der Waals surface area contributed by atoms with Crippen molar-refractivity contribution in [2.45, 2.75) is 57.8 Å². The minimum Gasteiger partial charge on any atom is -0.306 e. The first-order chi connectivity index (χ1) is 34.9. The van der Waals surface area contributed by atoms with Crippen molar-refractivity contribution >= 4 is 38.0 Å². The van der Waals surface area contributed by atoms with Crippen LogP contribution in [0.2, 0.25) is 0 Å². The summed E-state index contributed by atoms with van der Waals surface area (Å²) >= 11 is 0. The Kier molecular flexibility index (Phi) is 8.29. The molecular formula is C70H52N2. The largest absolute Gasteiger partial charge is 0.306 e. The van der Waals surface area contributed by atoms with Crippen LogP contribution in [-0.4, -0.2) is 9.38 Å². The van der Waals surface area contributed by atoms with Crippen molar-refractivity contribution in [3.8, 4) is 78.0 Å². The Morgan fingerprint density at radius 3 is 1.36 bits per heavy atom. The molecule has 0 bridgehead atoms. The van der Waals surface area contributed by atoms with Gasteiger partial charge in [0.05, 0.1) is 5.69 Å². The van der Waals surface area contributed by atoms with E-state index in [2.05, 4.69) is 252 Å². The number of fused-ring (bicyclic) bond motifs is 14. The molecule has 2 aromatic heterocycles.